The van der Waals surface area contributed by atoms with Crippen LogP contribution in [0.1, 0.15) is 44.7 Å². The Morgan fingerprint density at radius 3 is 2.19 bits per heavy atom. The second-order valence-electron chi connectivity index (χ2n) is 5.51. The Morgan fingerprint density at radius 1 is 1.14 bits per heavy atom. The highest BCUT2D eigenvalue weighted by Gasteiger charge is 2.28. The number of hydrogen-bond acceptors (Lipinski definition) is 3. The largest absolute Gasteiger partial charge is 0.478 e. The Hall–Kier alpha value is -1.88. The summed E-state index contributed by atoms with van der Waals surface area (Å²) in [5, 5.41) is 9.42. The van der Waals surface area contributed by atoms with E-state index in [4.69, 9.17) is 4.74 Å². The number of ether oxygens (including phenoxy) is 1. The van der Waals surface area contributed by atoms with Crippen LogP contribution in [0.3, 0.4) is 0 Å². The van der Waals surface area contributed by atoms with Crippen LogP contribution < -0.4 is 0 Å². The Morgan fingerprint density at radius 2 is 1.67 bits per heavy atom. The molecule has 2 rings (SSSR count). The van der Waals surface area contributed by atoms with E-state index in [2.05, 4.69) is 0 Å². The minimum Gasteiger partial charge on any atom is -0.478 e. The molecule has 1 heterocycles. The molecule has 0 aromatic heterocycles. The Labute approximate surface area is 124 Å². The van der Waals surface area contributed by atoms with Crippen LogP contribution in [-0.2, 0) is 4.74 Å². The minimum absolute atomic E-state index is 0.104. The summed E-state index contributed by atoms with van der Waals surface area (Å²) in [5.41, 5.74) is 1.72. The molecular weight excluding hydrogens is 270 g/mol. The number of hydrogen-bond donors (Lipinski definition) is 1. The van der Waals surface area contributed by atoms with Crippen molar-refractivity contribution in [2.45, 2.75) is 32.7 Å². The maximum Gasteiger partial charge on any atom is 0.336 e. The fraction of sp³-hybridized carbons (Fsp3) is 0.500. The Kier molecular flexibility index (Phi) is 4.63. The molecule has 0 radical (unpaired) electrons. The van der Waals surface area contributed by atoms with Gasteiger partial charge in [0.1, 0.15) is 0 Å². The van der Waals surface area contributed by atoms with E-state index in [0.717, 1.165) is 12.8 Å². The summed E-state index contributed by atoms with van der Waals surface area (Å²) < 4.78 is 5.31. The summed E-state index contributed by atoms with van der Waals surface area (Å²) in [6.07, 6.45) is 1.57. The third kappa shape index (κ3) is 3.08. The normalized spacial score (nSPS) is 15.8. The number of carboxylic acids is 1. The van der Waals surface area contributed by atoms with Gasteiger partial charge in [0.2, 0.25) is 0 Å². The molecule has 1 N–H and O–H groups in total. The van der Waals surface area contributed by atoms with Crippen LogP contribution in [0.4, 0.5) is 0 Å². The molecule has 1 aromatic rings. The molecule has 0 saturated carbocycles. The molecule has 0 spiro atoms. The highest BCUT2D eigenvalue weighted by molar-refractivity contribution is 6.06. The van der Waals surface area contributed by atoms with E-state index in [0.29, 0.717) is 29.9 Å². The van der Waals surface area contributed by atoms with E-state index < -0.39 is 5.97 Å². The first-order chi connectivity index (χ1) is 9.93. The van der Waals surface area contributed by atoms with Gasteiger partial charge in [0.05, 0.1) is 11.1 Å². The summed E-state index contributed by atoms with van der Waals surface area (Å²) in [6, 6.07) is 3.64. The van der Waals surface area contributed by atoms with Crippen LogP contribution in [0.2, 0.25) is 0 Å². The quantitative estimate of drug-likeness (QED) is 0.927. The number of amides is 1. The van der Waals surface area contributed by atoms with E-state index >= 15 is 0 Å². The molecule has 114 valence electrons. The fourth-order valence-electron chi connectivity index (χ4n) is 2.78. The van der Waals surface area contributed by atoms with Crippen LogP contribution >= 0.6 is 0 Å². The van der Waals surface area contributed by atoms with E-state index in [1.165, 1.54) is 0 Å². The third-order valence-electron chi connectivity index (χ3n) is 4.11. The molecule has 1 aliphatic rings. The Balaban J connectivity index is 2.38. The minimum atomic E-state index is -1.06. The van der Waals surface area contributed by atoms with Crippen molar-refractivity contribution in [3.8, 4) is 0 Å². The molecule has 0 unspecified atom stereocenters. The van der Waals surface area contributed by atoms with Crippen molar-refractivity contribution in [3.05, 3.63) is 34.4 Å². The standard InChI is InChI=1S/C16H21NO4/c1-10-4-5-11(2)14(16(19)20)13(10)15(18)17(3)12-6-8-21-9-7-12/h4-5,12H,6-9H2,1-3H3,(H,19,20). The zero-order chi connectivity index (χ0) is 15.6. The second-order valence-corrected chi connectivity index (χ2v) is 5.51. The van der Waals surface area contributed by atoms with Crippen molar-refractivity contribution in [3.63, 3.8) is 0 Å². The summed E-state index contributed by atoms with van der Waals surface area (Å²) in [4.78, 5) is 25.9. The predicted molar refractivity (Wildman–Crippen MR) is 78.8 cm³/mol. The highest BCUT2D eigenvalue weighted by Crippen LogP contribution is 2.23. The summed E-state index contributed by atoms with van der Waals surface area (Å²) in [5.74, 6) is -1.28. The lowest BCUT2D eigenvalue weighted by Crippen LogP contribution is -2.41. The van der Waals surface area contributed by atoms with Gasteiger partial charge in [-0.3, -0.25) is 4.79 Å². The van der Waals surface area contributed by atoms with Gasteiger partial charge in [0.25, 0.3) is 5.91 Å². The molecule has 1 fully saturated rings. The predicted octanol–water partition coefficient (Wildman–Crippen LogP) is 2.25. The molecule has 1 aromatic carbocycles. The number of carboxylic acid groups (broad SMARTS) is 1. The lowest BCUT2D eigenvalue weighted by molar-refractivity contribution is 0.0358. The topological polar surface area (TPSA) is 66.8 Å². The van der Waals surface area contributed by atoms with Crippen LogP contribution in [0.25, 0.3) is 0 Å². The number of carbonyl (C=O) groups excluding carboxylic acids is 1. The monoisotopic (exact) mass is 291 g/mol. The molecule has 5 heteroatoms. The van der Waals surface area contributed by atoms with Gasteiger partial charge in [-0.15, -0.1) is 0 Å². The van der Waals surface area contributed by atoms with Gasteiger partial charge in [-0.2, -0.15) is 0 Å². The average molecular weight is 291 g/mol. The number of nitrogens with zero attached hydrogens (tertiary/aromatic N) is 1. The molecule has 1 aliphatic heterocycles. The average Bonchev–Trinajstić information content (AvgIpc) is 2.48. The van der Waals surface area contributed by atoms with Crippen molar-refractivity contribution in [2.75, 3.05) is 20.3 Å². The van der Waals surface area contributed by atoms with Crippen molar-refractivity contribution in [2.24, 2.45) is 0 Å². The van der Waals surface area contributed by atoms with E-state index in [9.17, 15) is 14.7 Å². The first kappa shape index (κ1) is 15.5. The maximum absolute atomic E-state index is 12.8. The van der Waals surface area contributed by atoms with Crippen molar-refractivity contribution < 1.29 is 19.4 Å². The van der Waals surface area contributed by atoms with E-state index in [-0.39, 0.29) is 17.5 Å². The van der Waals surface area contributed by atoms with E-state index in [1.54, 1.807) is 37.9 Å². The van der Waals surface area contributed by atoms with E-state index in [1.807, 2.05) is 0 Å². The molecule has 0 aliphatic carbocycles. The van der Waals surface area contributed by atoms with Crippen molar-refractivity contribution >= 4 is 11.9 Å². The molecule has 1 saturated heterocycles. The van der Waals surface area contributed by atoms with Gasteiger partial charge >= 0.3 is 5.97 Å². The van der Waals surface area contributed by atoms with Gasteiger partial charge in [0.15, 0.2) is 0 Å². The van der Waals surface area contributed by atoms with Gasteiger partial charge in [-0.05, 0) is 37.8 Å². The maximum atomic E-state index is 12.8. The summed E-state index contributed by atoms with van der Waals surface area (Å²) in [6.45, 7) is 4.77. The Bertz CT molecular complexity index is 562. The molecular formula is C16H21NO4. The van der Waals surface area contributed by atoms with Crippen molar-refractivity contribution in [1.29, 1.82) is 0 Å². The zero-order valence-electron chi connectivity index (χ0n) is 12.7. The number of aryl methyl sites for hydroxylation is 2. The molecule has 5 nitrogen and oxygen atoms in total. The van der Waals surface area contributed by atoms with Crippen LogP contribution in [0, 0.1) is 13.8 Å². The third-order valence-corrected chi connectivity index (χ3v) is 4.11. The first-order valence-corrected chi connectivity index (χ1v) is 7.12. The molecule has 0 atom stereocenters. The van der Waals surface area contributed by atoms with Crippen LogP contribution in [-0.4, -0.2) is 48.2 Å². The zero-order valence-corrected chi connectivity index (χ0v) is 12.7. The van der Waals surface area contributed by atoms with Gasteiger partial charge in [0, 0.05) is 26.3 Å². The molecule has 0 bridgehead atoms. The second kappa shape index (κ2) is 6.26. The fourth-order valence-corrected chi connectivity index (χ4v) is 2.78. The van der Waals surface area contributed by atoms with Crippen LogP contribution in [0.5, 0.6) is 0 Å². The molecule has 21 heavy (non-hydrogen) atoms. The molecule has 1 amide bonds. The van der Waals surface area contributed by atoms with Crippen LogP contribution in [0.15, 0.2) is 12.1 Å². The van der Waals surface area contributed by atoms with Crippen molar-refractivity contribution in [1.82, 2.24) is 4.90 Å². The van der Waals surface area contributed by atoms with Gasteiger partial charge in [-0.1, -0.05) is 12.1 Å². The summed E-state index contributed by atoms with van der Waals surface area (Å²) in [7, 11) is 1.74. The van der Waals surface area contributed by atoms with Gasteiger partial charge in [-0.25, -0.2) is 4.79 Å². The van der Waals surface area contributed by atoms with Gasteiger partial charge < -0.3 is 14.7 Å². The number of carbonyl (C=O) groups is 2. The SMILES string of the molecule is Cc1ccc(C)c(C(=O)N(C)C2CCOCC2)c1C(=O)O. The number of aromatic carboxylic acids is 1. The highest BCUT2D eigenvalue weighted by atomic mass is 16.5. The number of benzene rings is 1. The lowest BCUT2D eigenvalue weighted by Gasteiger charge is -2.32. The smallest absolute Gasteiger partial charge is 0.336 e. The number of rotatable bonds is 3. The first-order valence-electron chi connectivity index (χ1n) is 7.12. The lowest BCUT2D eigenvalue weighted by atomic mass is 9.95. The summed E-state index contributed by atoms with van der Waals surface area (Å²) >= 11 is 0.